The number of halogens is 2. The summed E-state index contributed by atoms with van der Waals surface area (Å²) in [6.07, 6.45) is 2.16. The summed E-state index contributed by atoms with van der Waals surface area (Å²) in [4.78, 5) is 12.7. The van der Waals surface area contributed by atoms with Gasteiger partial charge in [0, 0.05) is 3.57 Å². The summed E-state index contributed by atoms with van der Waals surface area (Å²) in [7, 11) is -3.86. The zero-order valence-corrected chi connectivity index (χ0v) is 19.0. The van der Waals surface area contributed by atoms with E-state index in [0.717, 1.165) is 21.1 Å². The van der Waals surface area contributed by atoms with Crippen molar-refractivity contribution >= 4 is 38.4 Å². The molecule has 0 heterocycles. The van der Waals surface area contributed by atoms with Crippen molar-refractivity contribution < 1.29 is 22.3 Å². The van der Waals surface area contributed by atoms with Gasteiger partial charge >= 0.3 is 5.97 Å². The van der Waals surface area contributed by atoms with Crippen molar-refractivity contribution in [3.63, 3.8) is 0 Å². The van der Waals surface area contributed by atoms with Crippen LogP contribution in [0.3, 0.4) is 0 Å². The summed E-state index contributed by atoms with van der Waals surface area (Å²) in [5, 5.41) is 0. The molecule has 0 amide bonds. The Labute approximate surface area is 183 Å². The molecule has 2 aromatic rings. The first-order valence-corrected chi connectivity index (χ1v) is 12.3. The van der Waals surface area contributed by atoms with E-state index in [1.165, 1.54) is 24.3 Å². The molecule has 4 nitrogen and oxygen atoms in total. The summed E-state index contributed by atoms with van der Waals surface area (Å²) in [5.41, 5.74) is 1.80. The van der Waals surface area contributed by atoms with Crippen LogP contribution >= 0.6 is 22.6 Å². The average Bonchev–Trinajstić information content (AvgIpc) is 3.10. The van der Waals surface area contributed by atoms with Crippen molar-refractivity contribution in [3.05, 3.63) is 63.0 Å². The third-order valence-electron chi connectivity index (χ3n) is 6.35. The molecule has 0 saturated heterocycles. The Morgan fingerprint density at radius 2 is 1.93 bits per heavy atom. The second kappa shape index (κ2) is 7.65. The number of fused-ring (bicyclic) bond motifs is 3. The van der Waals surface area contributed by atoms with E-state index in [2.05, 4.69) is 22.6 Å². The highest BCUT2D eigenvalue weighted by molar-refractivity contribution is 14.1. The second-order valence-corrected chi connectivity index (χ2v) is 11.1. The molecule has 2 aliphatic carbocycles. The molecule has 0 unspecified atom stereocenters. The summed E-state index contributed by atoms with van der Waals surface area (Å²) >= 11 is 2.23. The average molecular weight is 528 g/mol. The topological polar surface area (TPSA) is 60.4 Å². The van der Waals surface area contributed by atoms with Crippen LogP contribution in [0.5, 0.6) is 0 Å². The lowest BCUT2D eigenvalue weighted by atomic mass is 9.73. The number of aryl methyl sites for hydroxylation is 1. The molecule has 0 spiro atoms. The van der Waals surface area contributed by atoms with Gasteiger partial charge in [0.25, 0.3) is 0 Å². The van der Waals surface area contributed by atoms with Gasteiger partial charge in [-0.05, 0) is 109 Å². The van der Waals surface area contributed by atoms with Crippen molar-refractivity contribution in [3.8, 4) is 0 Å². The number of carbonyl (C=O) groups is 1. The Hall–Kier alpha value is -1.48. The molecule has 2 aliphatic rings. The fraction of sp³-hybridized carbons (Fsp3) is 0.409. The summed E-state index contributed by atoms with van der Waals surface area (Å²) in [6.45, 7) is 2.03. The molecule has 7 heteroatoms. The zero-order valence-electron chi connectivity index (χ0n) is 16.0. The van der Waals surface area contributed by atoms with E-state index in [-0.39, 0.29) is 23.4 Å². The predicted octanol–water partition coefficient (Wildman–Crippen LogP) is 4.64. The maximum absolute atomic E-state index is 14.0. The lowest BCUT2D eigenvalue weighted by Crippen LogP contribution is -2.45. The fourth-order valence-corrected chi connectivity index (χ4v) is 8.20. The lowest BCUT2D eigenvalue weighted by Gasteiger charge is -2.42. The van der Waals surface area contributed by atoms with Crippen LogP contribution in [0, 0.1) is 21.2 Å². The van der Waals surface area contributed by atoms with E-state index in [9.17, 15) is 17.6 Å². The highest BCUT2D eigenvalue weighted by Crippen LogP contribution is 2.59. The molecule has 0 radical (unpaired) electrons. The van der Waals surface area contributed by atoms with Gasteiger partial charge in [-0.1, -0.05) is 6.07 Å². The molecule has 0 aliphatic heterocycles. The van der Waals surface area contributed by atoms with Crippen LogP contribution in [0.25, 0.3) is 0 Å². The number of carbonyl (C=O) groups excluding carboxylic acids is 1. The van der Waals surface area contributed by atoms with Gasteiger partial charge in [0.1, 0.15) is 10.6 Å². The van der Waals surface area contributed by atoms with E-state index < -0.39 is 26.3 Å². The maximum Gasteiger partial charge on any atom is 0.309 e. The molecular weight excluding hydrogens is 506 g/mol. The highest BCUT2D eigenvalue weighted by atomic mass is 127. The molecule has 0 N–H and O–H groups in total. The summed E-state index contributed by atoms with van der Waals surface area (Å²) < 4.78 is 46.6. The van der Waals surface area contributed by atoms with Crippen LogP contribution < -0.4 is 0 Å². The van der Waals surface area contributed by atoms with Gasteiger partial charge in [-0.15, -0.1) is 0 Å². The number of sulfone groups is 1. The first-order chi connectivity index (χ1) is 13.8. The number of rotatable bonds is 4. The first-order valence-electron chi connectivity index (χ1n) is 9.77. The summed E-state index contributed by atoms with van der Waals surface area (Å²) in [6, 6.07) is 10.9. The quantitative estimate of drug-likeness (QED) is 0.330. The number of benzene rings is 2. The zero-order chi connectivity index (χ0) is 20.8. The molecule has 0 aromatic heterocycles. The van der Waals surface area contributed by atoms with Crippen molar-refractivity contribution in [2.45, 2.75) is 42.2 Å². The van der Waals surface area contributed by atoms with E-state index in [1.54, 1.807) is 6.92 Å². The van der Waals surface area contributed by atoms with Crippen molar-refractivity contribution in [1.82, 2.24) is 0 Å². The van der Waals surface area contributed by atoms with Gasteiger partial charge in [0.2, 0.25) is 0 Å². The summed E-state index contributed by atoms with van der Waals surface area (Å²) in [5.74, 6) is -1.60. The normalized spacial score (nSPS) is 25.9. The first kappa shape index (κ1) is 20.8. The van der Waals surface area contributed by atoms with E-state index in [1.807, 2.05) is 18.2 Å². The van der Waals surface area contributed by atoms with Gasteiger partial charge in [-0.25, -0.2) is 12.8 Å². The lowest BCUT2D eigenvalue weighted by molar-refractivity contribution is -0.149. The van der Waals surface area contributed by atoms with Gasteiger partial charge in [-0.2, -0.15) is 0 Å². The third kappa shape index (κ3) is 3.21. The van der Waals surface area contributed by atoms with Crippen LogP contribution in [0.1, 0.15) is 37.3 Å². The molecule has 1 fully saturated rings. The Morgan fingerprint density at radius 3 is 2.62 bits per heavy atom. The monoisotopic (exact) mass is 528 g/mol. The van der Waals surface area contributed by atoms with E-state index in [4.69, 9.17) is 4.74 Å². The number of esters is 1. The molecule has 3 atom stereocenters. The Kier molecular flexibility index (Phi) is 5.48. The van der Waals surface area contributed by atoms with Crippen LogP contribution in [-0.2, 0) is 30.5 Å². The molecule has 4 rings (SSSR count). The minimum absolute atomic E-state index is 0.0970. The Balaban J connectivity index is 1.92. The number of ether oxygens (including phenoxy) is 1. The minimum Gasteiger partial charge on any atom is -0.466 e. The van der Waals surface area contributed by atoms with Crippen molar-refractivity contribution in [2.75, 3.05) is 6.61 Å². The van der Waals surface area contributed by atoms with E-state index in [0.29, 0.717) is 19.3 Å². The van der Waals surface area contributed by atoms with Crippen molar-refractivity contribution in [1.29, 1.82) is 0 Å². The Bertz CT molecular complexity index is 1050. The minimum atomic E-state index is -3.86. The fourth-order valence-electron chi connectivity index (χ4n) is 5.18. The van der Waals surface area contributed by atoms with Crippen molar-refractivity contribution in [2.24, 2.45) is 11.8 Å². The number of hydrogen-bond donors (Lipinski definition) is 0. The molecule has 1 saturated carbocycles. The Morgan fingerprint density at radius 1 is 1.21 bits per heavy atom. The molecular formula is C22H22FIO4S. The van der Waals surface area contributed by atoms with E-state index >= 15 is 0 Å². The van der Waals surface area contributed by atoms with Gasteiger partial charge in [-0.3, -0.25) is 4.79 Å². The highest BCUT2D eigenvalue weighted by Gasteiger charge is 2.61. The molecule has 154 valence electrons. The third-order valence-corrected chi connectivity index (χ3v) is 9.60. The molecule has 2 aromatic carbocycles. The number of hydrogen-bond acceptors (Lipinski definition) is 4. The van der Waals surface area contributed by atoms with Gasteiger partial charge in [0.15, 0.2) is 9.84 Å². The smallest absolute Gasteiger partial charge is 0.309 e. The van der Waals surface area contributed by atoms with Crippen LogP contribution in [0.4, 0.5) is 4.39 Å². The van der Waals surface area contributed by atoms with Crippen LogP contribution in [0.15, 0.2) is 47.4 Å². The second-order valence-electron chi connectivity index (χ2n) is 7.69. The largest absolute Gasteiger partial charge is 0.466 e. The van der Waals surface area contributed by atoms with Crippen LogP contribution in [0.2, 0.25) is 0 Å². The molecule has 0 bridgehead atoms. The molecule has 29 heavy (non-hydrogen) atoms. The standard InChI is InChI=1S/C22H22FIO4S/c1-2-28-21(25)18-11-12-22(29(26,27)17-7-4-15(23)5-8-17)19-10-6-16(24)13-14(19)3-9-20(18)22/h4-8,10,13,18,20H,2-3,9,11-12H2,1H3/t18-,20+,22-/m1/s1. The van der Waals surface area contributed by atoms with Gasteiger partial charge in [0.05, 0.1) is 17.4 Å². The van der Waals surface area contributed by atoms with Crippen LogP contribution in [-0.4, -0.2) is 21.0 Å². The SMILES string of the molecule is CCOC(=O)[C@@H]1CC[C@@]2(S(=O)(=O)c3ccc(F)cc3)c3ccc(I)cc3CC[C@@H]12. The van der Waals surface area contributed by atoms with Gasteiger partial charge < -0.3 is 4.74 Å². The predicted molar refractivity (Wildman–Crippen MR) is 116 cm³/mol. The maximum atomic E-state index is 14.0.